The standard InChI is InChI=1S/C28H28F2N2O2/c1-27(18-4-8-20(29)9-5-18)12-14-32-15-13-28(2,19-6-10-21(30)11-7-19)24-17-22(31-26(33)34-3)16-23(27)25(24)32/h4-11,16-17H,12-15H2,1-3H3,(H,31,33). The number of halogens is 2. The Hall–Kier alpha value is -3.41. The smallest absolute Gasteiger partial charge is 0.411 e. The Labute approximate surface area is 198 Å². The number of amides is 1. The molecule has 3 aromatic rings. The Morgan fingerprint density at radius 2 is 1.29 bits per heavy atom. The predicted molar refractivity (Wildman–Crippen MR) is 130 cm³/mol. The molecule has 0 saturated carbocycles. The average Bonchev–Trinajstić information content (AvgIpc) is 2.83. The molecule has 34 heavy (non-hydrogen) atoms. The topological polar surface area (TPSA) is 41.6 Å². The number of hydrogen-bond donors (Lipinski definition) is 1. The highest BCUT2D eigenvalue weighted by molar-refractivity contribution is 5.87. The normalized spacial score (nSPS) is 23.3. The van der Waals surface area contributed by atoms with Crippen LogP contribution in [0.5, 0.6) is 0 Å². The van der Waals surface area contributed by atoms with Crippen LogP contribution in [0.4, 0.5) is 25.0 Å². The molecule has 0 aromatic heterocycles. The molecule has 5 rings (SSSR count). The molecule has 2 aliphatic rings. The first-order valence-electron chi connectivity index (χ1n) is 11.6. The molecule has 2 unspecified atom stereocenters. The first-order chi connectivity index (χ1) is 16.2. The van der Waals surface area contributed by atoms with Crippen LogP contribution in [0.2, 0.25) is 0 Å². The highest BCUT2D eigenvalue weighted by Crippen LogP contribution is 2.54. The number of nitrogens with one attached hydrogen (secondary N) is 1. The van der Waals surface area contributed by atoms with Gasteiger partial charge in [-0.25, -0.2) is 13.6 Å². The number of methoxy groups -OCH3 is 1. The van der Waals surface area contributed by atoms with E-state index in [1.165, 1.54) is 31.4 Å². The summed E-state index contributed by atoms with van der Waals surface area (Å²) in [6, 6.07) is 17.4. The lowest BCUT2D eigenvalue weighted by Gasteiger charge is -2.50. The zero-order valence-electron chi connectivity index (χ0n) is 19.6. The fourth-order valence-corrected chi connectivity index (χ4v) is 5.61. The van der Waals surface area contributed by atoms with Crippen molar-refractivity contribution in [2.45, 2.75) is 37.5 Å². The molecule has 6 heteroatoms. The molecule has 3 aromatic carbocycles. The minimum atomic E-state index is -0.539. The van der Waals surface area contributed by atoms with Crippen LogP contribution in [0.1, 0.15) is 48.9 Å². The summed E-state index contributed by atoms with van der Waals surface area (Å²) in [5, 5.41) is 2.85. The van der Waals surface area contributed by atoms with Gasteiger partial charge in [-0.15, -0.1) is 0 Å². The molecule has 0 bridgehead atoms. The Balaban J connectivity index is 1.75. The number of anilines is 2. The third-order valence-corrected chi connectivity index (χ3v) is 7.77. The van der Waals surface area contributed by atoms with Crippen molar-refractivity contribution in [3.8, 4) is 0 Å². The van der Waals surface area contributed by atoms with Crippen LogP contribution in [-0.2, 0) is 15.6 Å². The molecule has 0 saturated heterocycles. The molecule has 1 N–H and O–H groups in total. The lowest BCUT2D eigenvalue weighted by Crippen LogP contribution is -2.47. The van der Waals surface area contributed by atoms with Crippen LogP contribution in [0, 0.1) is 11.6 Å². The summed E-state index contributed by atoms with van der Waals surface area (Å²) < 4.78 is 32.3. The number of ether oxygens (including phenoxy) is 1. The molecule has 2 aliphatic heterocycles. The van der Waals surface area contributed by atoms with Crippen molar-refractivity contribution in [2.24, 2.45) is 0 Å². The van der Waals surface area contributed by atoms with Crippen LogP contribution >= 0.6 is 0 Å². The quantitative estimate of drug-likeness (QED) is 0.492. The summed E-state index contributed by atoms with van der Waals surface area (Å²) >= 11 is 0. The maximum absolute atomic E-state index is 13.7. The molecular formula is C28H28F2N2O2. The van der Waals surface area contributed by atoms with Gasteiger partial charge < -0.3 is 9.64 Å². The summed E-state index contributed by atoms with van der Waals surface area (Å²) in [4.78, 5) is 14.5. The molecular weight excluding hydrogens is 434 g/mol. The van der Waals surface area contributed by atoms with E-state index >= 15 is 0 Å². The van der Waals surface area contributed by atoms with Gasteiger partial charge in [0, 0.05) is 35.3 Å². The Morgan fingerprint density at radius 1 is 0.853 bits per heavy atom. The van der Waals surface area contributed by atoms with E-state index in [2.05, 4.69) is 24.1 Å². The van der Waals surface area contributed by atoms with Gasteiger partial charge in [-0.1, -0.05) is 38.1 Å². The van der Waals surface area contributed by atoms with Crippen LogP contribution < -0.4 is 10.2 Å². The largest absolute Gasteiger partial charge is 0.453 e. The van der Waals surface area contributed by atoms with Gasteiger partial charge in [0.05, 0.1) is 7.11 Å². The second-order valence-corrected chi connectivity index (χ2v) is 9.70. The summed E-state index contributed by atoms with van der Waals surface area (Å²) in [6.45, 7) is 6.10. The lowest BCUT2D eigenvalue weighted by molar-refractivity contribution is 0.187. The van der Waals surface area contributed by atoms with Crippen molar-refractivity contribution in [3.63, 3.8) is 0 Å². The fraction of sp³-hybridized carbons (Fsp3) is 0.321. The monoisotopic (exact) mass is 462 g/mol. The first-order valence-corrected chi connectivity index (χ1v) is 11.6. The van der Waals surface area contributed by atoms with Gasteiger partial charge in [0.2, 0.25) is 0 Å². The maximum atomic E-state index is 13.7. The number of rotatable bonds is 3. The molecule has 1 amide bonds. The second-order valence-electron chi connectivity index (χ2n) is 9.70. The number of nitrogens with zero attached hydrogens (tertiary/aromatic N) is 1. The third kappa shape index (κ3) is 3.52. The highest BCUT2D eigenvalue weighted by atomic mass is 19.1. The number of hydrogen-bond acceptors (Lipinski definition) is 3. The fourth-order valence-electron chi connectivity index (χ4n) is 5.61. The van der Waals surface area contributed by atoms with Gasteiger partial charge in [-0.3, -0.25) is 5.32 Å². The van der Waals surface area contributed by atoms with Gasteiger partial charge in [0.25, 0.3) is 0 Å². The molecule has 0 spiro atoms. The van der Waals surface area contributed by atoms with E-state index in [0.29, 0.717) is 5.69 Å². The molecule has 2 heterocycles. The maximum Gasteiger partial charge on any atom is 0.411 e. The SMILES string of the molecule is COC(=O)Nc1cc2c3c(c1)C(C)(c1ccc(F)cc1)CCN3CCC2(C)c1ccc(F)cc1. The Kier molecular flexibility index (Phi) is 5.34. The molecule has 4 nitrogen and oxygen atoms in total. The van der Waals surface area contributed by atoms with Gasteiger partial charge in [0.15, 0.2) is 0 Å². The van der Waals surface area contributed by atoms with E-state index in [4.69, 9.17) is 4.74 Å². The molecule has 176 valence electrons. The van der Waals surface area contributed by atoms with Gasteiger partial charge in [0.1, 0.15) is 11.6 Å². The molecule has 0 fully saturated rings. The summed E-state index contributed by atoms with van der Waals surface area (Å²) in [6.07, 6.45) is 1.18. The minimum Gasteiger partial charge on any atom is -0.453 e. The summed E-state index contributed by atoms with van der Waals surface area (Å²) in [7, 11) is 1.34. The second kappa shape index (κ2) is 8.12. The van der Waals surface area contributed by atoms with E-state index in [0.717, 1.165) is 53.9 Å². The van der Waals surface area contributed by atoms with Crippen LogP contribution in [-0.4, -0.2) is 26.3 Å². The first kappa shape index (κ1) is 22.4. The average molecular weight is 463 g/mol. The highest BCUT2D eigenvalue weighted by Gasteiger charge is 2.45. The van der Waals surface area contributed by atoms with E-state index < -0.39 is 6.09 Å². The van der Waals surface area contributed by atoms with Crippen molar-refractivity contribution in [3.05, 3.63) is 94.6 Å². The summed E-state index contributed by atoms with van der Waals surface area (Å²) in [5.74, 6) is -0.534. The van der Waals surface area contributed by atoms with E-state index in [1.807, 2.05) is 36.4 Å². The van der Waals surface area contributed by atoms with Crippen LogP contribution in [0.25, 0.3) is 0 Å². The minimum absolute atomic E-state index is 0.267. The molecule has 2 atom stereocenters. The van der Waals surface area contributed by atoms with Crippen molar-refractivity contribution in [1.82, 2.24) is 0 Å². The predicted octanol–water partition coefficient (Wildman–Crippen LogP) is 6.37. The van der Waals surface area contributed by atoms with Crippen molar-refractivity contribution in [2.75, 3.05) is 30.4 Å². The molecule has 0 radical (unpaired) electrons. The van der Waals surface area contributed by atoms with E-state index in [9.17, 15) is 13.6 Å². The Morgan fingerprint density at radius 3 is 1.71 bits per heavy atom. The Bertz CT molecular complexity index is 1160. The number of benzene rings is 3. The number of carbonyl (C=O) groups is 1. The number of carbonyl (C=O) groups excluding carboxylic acids is 1. The zero-order chi connectivity index (χ0) is 24.1. The van der Waals surface area contributed by atoms with Crippen molar-refractivity contribution < 1.29 is 18.3 Å². The van der Waals surface area contributed by atoms with Crippen LogP contribution in [0.15, 0.2) is 60.7 Å². The zero-order valence-corrected chi connectivity index (χ0v) is 19.6. The van der Waals surface area contributed by atoms with E-state index in [1.54, 1.807) is 0 Å². The van der Waals surface area contributed by atoms with Crippen LogP contribution in [0.3, 0.4) is 0 Å². The third-order valence-electron chi connectivity index (χ3n) is 7.77. The molecule has 0 aliphatic carbocycles. The van der Waals surface area contributed by atoms with Gasteiger partial charge >= 0.3 is 6.09 Å². The van der Waals surface area contributed by atoms with Gasteiger partial charge in [-0.2, -0.15) is 0 Å². The van der Waals surface area contributed by atoms with E-state index in [-0.39, 0.29) is 22.5 Å². The van der Waals surface area contributed by atoms with Crippen molar-refractivity contribution in [1.29, 1.82) is 0 Å². The summed E-state index contributed by atoms with van der Waals surface area (Å²) in [5.41, 5.74) is 5.27. The van der Waals surface area contributed by atoms with Crippen molar-refractivity contribution >= 4 is 17.5 Å². The lowest BCUT2D eigenvalue weighted by atomic mass is 9.64. The van der Waals surface area contributed by atoms with Gasteiger partial charge in [-0.05, 0) is 71.5 Å².